The molecule has 0 amide bonds. The Morgan fingerprint density at radius 3 is 2.68 bits per heavy atom. The van der Waals surface area contributed by atoms with Gasteiger partial charge in [-0.2, -0.15) is 0 Å². The van der Waals surface area contributed by atoms with Crippen LogP contribution in [0.15, 0.2) is 24.8 Å². The third-order valence-corrected chi connectivity index (χ3v) is 3.78. The molecule has 0 heterocycles. The maximum atomic E-state index is 7.35. The number of aryl methyl sites for hydroxylation is 1. The minimum Gasteiger partial charge on any atom is -0.321 e. The number of nitrogens with one attached hydrogen (secondary N) is 1. The van der Waals surface area contributed by atoms with E-state index in [4.69, 9.17) is 11.1 Å². The molecule has 0 aliphatic heterocycles. The Hall–Kier alpha value is -1.67. The van der Waals surface area contributed by atoms with E-state index in [1.165, 1.54) is 22.9 Å². The summed E-state index contributed by atoms with van der Waals surface area (Å²) in [5, 5.41) is 7.35. The van der Waals surface area contributed by atoms with Gasteiger partial charge in [0.2, 0.25) is 0 Å². The maximum Gasteiger partial charge on any atom is 0.0417 e. The molecule has 1 saturated carbocycles. The van der Waals surface area contributed by atoms with Gasteiger partial charge in [-0.25, -0.2) is 0 Å². The predicted octanol–water partition coefficient (Wildman–Crippen LogP) is 4.03. The minimum absolute atomic E-state index is 0.170. The average Bonchev–Trinajstić information content (AvgIpc) is 3.14. The van der Waals surface area contributed by atoms with Crippen molar-refractivity contribution in [2.24, 2.45) is 5.73 Å². The van der Waals surface area contributed by atoms with Gasteiger partial charge < -0.3 is 11.1 Å². The molecule has 1 aromatic rings. The molecular weight excluding hydrogens is 232 g/mol. The zero-order chi connectivity index (χ0) is 14.0. The van der Waals surface area contributed by atoms with Crippen LogP contribution in [0, 0.1) is 12.3 Å². The molecule has 2 heteroatoms. The van der Waals surface area contributed by atoms with Gasteiger partial charge in [0.15, 0.2) is 0 Å². The van der Waals surface area contributed by atoms with E-state index in [9.17, 15) is 0 Å². The van der Waals surface area contributed by atoms with E-state index < -0.39 is 0 Å². The van der Waals surface area contributed by atoms with Crippen LogP contribution in [0.25, 0.3) is 11.6 Å². The van der Waals surface area contributed by atoms with Gasteiger partial charge in [0.1, 0.15) is 0 Å². The summed E-state index contributed by atoms with van der Waals surface area (Å²) >= 11 is 0. The van der Waals surface area contributed by atoms with Crippen LogP contribution in [0.5, 0.6) is 0 Å². The highest BCUT2D eigenvalue weighted by Crippen LogP contribution is 2.45. The Kier molecular flexibility index (Phi) is 3.72. The first-order chi connectivity index (χ1) is 9.01. The van der Waals surface area contributed by atoms with Gasteiger partial charge in [0.05, 0.1) is 0 Å². The lowest BCUT2D eigenvalue weighted by Gasteiger charge is -2.18. The van der Waals surface area contributed by atoms with E-state index >= 15 is 0 Å². The van der Waals surface area contributed by atoms with E-state index in [0.29, 0.717) is 0 Å². The van der Waals surface area contributed by atoms with Crippen molar-refractivity contribution >= 4 is 17.9 Å². The summed E-state index contributed by atoms with van der Waals surface area (Å²) in [6.45, 7) is 8.15. The van der Waals surface area contributed by atoms with Crippen LogP contribution < -0.4 is 5.73 Å². The summed E-state index contributed by atoms with van der Waals surface area (Å²) in [4.78, 5) is 0. The second-order valence-corrected chi connectivity index (χ2v) is 5.39. The maximum absolute atomic E-state index is 7.35. The summed E-state index contributed by atoms with van der Waals surface area (Å²) < 4.78 is 0. The van der Waals surface area contributed by atoms with Crippen LogP contribution in [0.1, 0.15) is 48.4 Å². The largest absolute Gasteiger partial charge is 0.321 e. The second kappa shape index (κ2) is 5.14. The summed E-state index contributed by atoms with van der Waals surface area (Å²) in [6.07, 6.45) is 8.75. The number of hydrogen-bond donors (Lipinski definition) is 2. The fourth-order valence-electron chi connectivity index (χ4n) is 2.34. The first-order valence-electron chi connectivity index (χ1n) is 6.82. The van der Waals surface area contributed by atoms with E-state index in [-0.39, 0.29) is 5.54 Å². The molecule has 0 unspecified atom stereocenters. The van der Waals surface area contributed by atoms with Crippen LogP contribution in [0.2, 0.25) is 0 Å². The first-order valence-corrected chi connectivity index (χ1v) is 6.82. The monoisotopic (exact) mass is 254 g/mol. The Balaban J connectivity index is 2.57. The van der Waals surface area contributed by atoms with Gasteiger partial charge in [0, 0.05) is 11.8 Å². The van der Waals surface area contributed by atoms with E-state index in [2.05, 4.69) is 44.7 Å². The molecule has 19 heavy (non-hydrogen) atoms. The SMILES string of the molecule is C=C(C=N)c1cc(C)c(/C=C\CC)c(C2(N)CC2)c1. The number of nitrogens with two attached hydrogens (primary N) is 1. The molecule has 0 radical (unpaired) electrons. The fraction of sp³-hybridized carbons (Fsp3) is 0.353. The lowest BCUT2D eigenvalue weighted by Crippen LogP contribution is -2.20. The van der Waals surface area contributed by atoms with Crippen LogP contribution >= 0.6 is 0 Å². The number of benzene rings is 1. The first kappa shape index (κ1) is 13.8. The zero-order valence-corrected chi connectivity index (χ0v) is 11.8. The van der Waals surface area contributed by atoms with Crippen molar-refractivity contribution in [1.29, 1.82) is 5.41 Å². The van der Waals surface area contributed by atoms with Gasteiger partial charge in [-0.1, -0.05) is 31.7 Å². The standard InChI is InChI=1S/C17H22N2/c1-4-5-6-15-12(2)9-14(13(3)11-18)10-16(15)17(19)7-8-17/h5-6,9-11,18H,3-4,7-8,19H2,1-2H3/b6-5-,18-11?. The molecule has 1 aromatic carbocycles. The number of hydrogen-bond acceptors (Lipinski definition) is 2. The lowest BCUT2D eigenvalue weighted by atomic mass is 9.90. The Morgan fingerprint density at radius 1 is 1.47 bits per heavy atom. The van der Waals surface area contributed by atoms with Gasteiger partial charge in [0.25, 0.3) is 0 Å². The lowest BCUT2D eigenvalue weighted by molar-refractivity contribution is 0.736. The Labute approximate surface area is 115 Å². The number of allylic oxidation sites excluding steroid dienone is 2. The molecule has 0 saturated heterocycles. The molecular formula is C17H22N2. The summed E-state index contributed by atoms with van der Waals surface area (Å²) in [5.74, 6) is 0. The highest BCUT2D eigenvalue weighted by molar-refractivity contribution is 6.07. The smallest absolute Gasteiger partial charge is 0.0417 e. The summed E-state index contributed by atoms with van der Waals surface area (Å²) in [5.41, 5.74) is 11.6. The fourth-order valence-corrected chi connectivity index (χ4v) is 2.34. The van der Waals surface area contributed by atoms with Gasteiger partial charge in [-0.3, -0.25) is 0 Å². The molecule has 0 bridgehead atoms. The number of rotatable bonds is 5. The summed E-state index contributed by atoms with van der Waals surface area (Å²) in [6, 6.07) is 4.21. The van der Waals surface area contributed by atoms with E-state index in [1.807, 2.05) is 0 Å². The molecule has 100 valence electrons. The van der Waals surface area contributed by atoms with Crippen LogP contribution in [-0.4, -0.2) is 6.21 Å². The molecule has 1 fully saturated rings. The minimum atomic E-state index is -0.170. The van der Waals surface area contributed by atoms with Crippen molar-refractivity contribution in [2.75, 3.05) is 0 Å². The molecule has 2 rings (SSSR count). The summed E-state index contributed by atoms with van der Waals surface area (Å²) in [7, 11) is 0. The average molecular weight is 254 g/mol. The molecule has 1 aliphatic rings. The topological polar surface area (TPSA) is 49.9 Å². The van der Waals surface area contributed by atoms with E-state index in [0.717, 1.165) is 30.4 Å². The van der Waals surface area contributed by atoms with Crippen LogP contribution in [0.4, 0.5) is 0 Å². The van der Waals surface area contributed by atoms with Crippen LogP contribution in [0.3, 0.4) is 0 Å². The van der Waals surface area contributed by atoms with Crippen molar-refractivity contribution in [3.05, 3.63) is 47.0 Å². The van der Waals surface area contributed by atoms with Crippen molar-refractivity contribution in [3.8, 4) is 0 Å². The molecule has 0 spiro atoms. The van der Waals surface area contributed by atoms with Gasteiger partial charge in [-0.05, 0) is 60.1 Å². The highest BCUT2D eigenvalue weighted by Gasteiger charge is 2.41. The predicted molar refractivity (Wildman–Crippen MR) is 83.4 cm³/mol. The molecule has 1 aliphatic carbocycles. The third kappa shape index (κ3) is 2.69. The van der Waals surface area contributed by atoms with Crippen molar-refractivity contribution in [1.82, 2.24) is 0 Å². The van der Waals surface area contributed by atoms with Crippen molar-refractivity contribution in [3.63, 3.8) is 0 Å². The Morgan fingerprint density at radius 2 is 2.16 bits per heavy atom. The molecule has 0 aromatic heterocycles. The molecule has 2 nitrogen and oxygen atoms in total. The zero-order valence-electron chi connectivity index (χ0n) is 11.8. The van der Waals surface area contributed by atoms with Crippen molar-refractivity contribution in [2.45, 2.75) is 38.6 Å². The van der Waals surface area contributed by atoms with E-state index in [1.54, 1.807) is 0 Å². The normalized spacial score (nSPS) is 16.6. The Bertz CT molecular complexity index is 549. The second-order valence-electron chi connectivity index (χ2n) is 5.39. The highest BCUT2D eigenvalue weighted by atomic mass is 14.8. The molecule has 3 N–H and O–H groups in total. The third-order valence-electron chi connectivity index (χ3n) is 3.78. The van der Waals surface area contributed by atoms with Crippen molar-refractivity contribution < 1.29 is 0 Å². The van der Waals surface area contributed by atoms with Gasteiger partial charge >= 0.3 is 0 Å². The van der Waals surface area contributed by atoms with Crippen LogP contribution in [-0.2, 0) is 5.54 Å². The quantitative estimate of drug-likeness (QED) is 0.766. The van der Waals surface area contributed by atoms with Gasteiger partial charge in [-0.15, -0.1) is 0 Å². The molecule has 0 atom stereocenters.